The van der Waals surface area contributed by atoms with E-state index in [1.807, 2.05) is 19.1 Å². The fourth-order valence-electron chi connectivity index (χ4n) is 1.80. The summed E-state index contributed by atoms with van der Waals surface area (Å²) in [4.78, 5) is 9.85. The number of sulfonamides is 1. The van der Waals surface area contributed by atoms with Crippen molar-refractivity contribution >= 4 is 15.7 Å². The van der Waals surface area contributed by atoms with Gasteiger partial charge in [0.1, 0.15) is 0 Å². The minimum Gasteiger partial charge on any atom is -0.258 e. The molecule has 0 amide bonds. The maximum Gasteiger partial charge on any atom is 0.289 e. The zero-order valence-corrected chi connectivity index (χ0v) is 12.1. The highest BCUT2D eigenvalue weighted by Crippen LogP contribution is 2.22. The number of hydrogen-bond donors (Lipinski definition) is 1. The van der Waals surface area contributed by atoms with Gasteiger partial charge in [-0.3, -0.25) is 10.1 Å². The second-order valence-electron chi connectivity index (χ2n) is 4.53. The molecule has 2 aromatic carbocycles. The van der Waals surface area contributed by atoms with Gasteiger partial charge < -0.3 is 0 Å². The Morgan fingerprint density at radius 2 is 1.71 bits per heavy atom. The van der Waals surface area contributed by atoms with Gasteiger partial charge >= 0.3 is 0 Å². The number of hydrogen-bond acceptors (Lipinski definition) is 4. The second-order valence-corrected chi connectivity index (χ2v) is 6.27. The first kappa shape index (κ1) is 15.1. The third-order valence-electron chi connectivity index (χ3n) is 2.94. The van der Waals surface area contributed by atoms with Crippen LogP contribution in [0.1, 0.15) is 11.1 Å². The lowest BCUT2D eigenvalue weighted by Crippen LogP contribution is -2.24. The average molecular weight is 306 g/mol. The van der Waals surface area contributed by atoms with Gasteiger partial charge in [0, 0.05) is 12.6 Å². The molecule has 0 aliphatic rings. The van der Waals surface area contributed by atoms with Crippen LogP contribution in [0.5, 0.6) is 0 Å². The Morgan fingerprint density at radius 1 is 1.10 bits per heavy atom. The smallest absolute Gasteiger partial charge is 0.258 e. The third-order valence-corrected chi connectivity index (χ3v) is 4.39. The maximum absolute atomic E-state index is 12.2. The van der Waals surface area contributed by atoms with Crippen LogP contribution in [0.2, 0.25) is 0 Å². The molecule has 0 atom stereocenters. The molecule has 0 aromatic heterocycles. The van der Waals surface area contributed by atoms with Crippen LogP contribution in [0, 0.1) is 17.0 Å². The molecule has 0 unspecified atom stereocenters. The number of nitrogens with one attached hydrogen (secondary N) is 1. The molecule has 7 heteroatoms. The summed E-state index contributed by atoms with van der Waals surface area (Å²) in [5.41, 5.74) is 1.41. The summed E-state index contributed by atoms with van der Waals surface area (Å²) < 4.78 is 26.7. The highest BCUT2D eigenvalue weighted by molar-refractivity contribution is 7.89. The molecule has 0 bridgehead atoms. The first-order valence-electron chi connectivity index (χ1n) is 6.19. The summed E-state index contributed by atoms with van der Waals surface area (Å²) in [7, 11) is -3.94. The minimum absolute atomic E-state index is 0.0780. The quantitative estimate of drug-likeness (QED) is 0.678. The molecule has 0 saturated carbocycles. The summed E-state index contributed by atoms with van der Waals surface area (Å²) in [5.74, 6) is 0. The first-order valence-corrected chi connectivity index (χ1v) is 7.67. The van der Waals surface area contributed by atoms with Crippen LogP contribution in [0.4, 0.5) is 5.69 Å². The Bertz CT molecular complexity index is 755. The van der Waals surface area contributed by atoms with Crippen molar-refractivity contribution in [1.29, 1.82) is 0 Å². The molecule has 21 heavy (non-hydrogen) atoms. The molecule has 0 aliphatic carbocycles. The molecule has 0 heterocycles. The van der Waals surface area contributed by atoms with Gasteiger partial charge in [-0.05, 0) is 18.6 Å². The molecule has 2 aromatic rings. The van der Waals surface area contributed by atoms with Gasteiger partial charge in [0.15, 0.2) is 4.90 Å². The molecular weight excluding hydrogens is 292 g/mol. The van der Waals surface area contributed by atoms with Crippen LogP contribution in [0.25, 0.3) is 0 Å². The molecule has 0 radical (unpaired) electrons. The van der Waals surface area contributed by atoms with Crippen molar-refractivity contribution in [2.45, 2.75) is 18.4 Å². The van der Waals surface area contributed by atoms with Gasteiger partial charge in [0.25, 0.3) is 5.69 Å². The molecule has 0 saturated heterocycles. The maximum atomic E-state index is 12.2. The van der Waals surface area contributed by atoms with E-state index in [0.717, 1.165) is 11.1 Å². The number of nitro groups is 1. The Balaban J connectivity index is 2.23. The largest absolute Gasteiger partial charge is 0.289 e. The average Bonchev–Trinajstić information content (AvgIpc) is 2.47. The van der Waals surface area contributed by atoms with Crippen LogP contribution < -0.4 is 4.72 Å². The van der Waals surface area contributed by atoms with Gasteiger partial charge in [-0.15, -0.1) is 0 Å². The van der Waals surface area contributed by atoms with Gasteiger partial charge in [-0.1, -0.05) is 42.0 Å². The highest BCUT2D eigenvalue weighted by atomic mass is 32.2. The number of nitrogens with zero attached hydrogens (tertiary/aromatic N) is 1. The van der Waals surface area contributed by atoms with Crippen molar-refractivity contribution in [1.82, 2.24) is 4.72 Å². The molecule has 0 fully saturated rings. The number of nitro benzene ring substituents is 1. The van der Waals surface area contributed by atoms with Crippen molar-refractivity contribution in [2.75, 3.05) is 0 Å². The normalized spacial score (nSPS) is 11.3. The van der Waals surface area contributed by atoms with E-state index in [2.05, 4.69) is 4.72 Å². The summed E-state index contributed by atoms with van der Waals surface area (Å²) in [6.07, 6.45) is 0. The van der Waals surface area contributed by atoms with Crippen molar-refractivity contribution in [2.24, 2.45) is 0 Å². The lowest BCUT2D eigenvalue weighted by molar-refractivity contribution is -0.387. The van der Waals surface area contributed by atoms with E-state index < -0.39 is 20.6 Å². The highest BCUT2D eigenvalue weighted by Gasteiger charge is 2.24. The predicted molar refractivity (Wildman–Crippen MR) is 78.3 cm³/mol. The molecule has 1 N–H and O–H groups in total. The Hall–Kier alpha value is -2.25. The Kier molecular flexibility index (Phi) is 4.35. The molecule has 0 aliphatic heterocycles. The predicted octanol–water partition coefficient (Wildman–Crippen LogP) is 2.38. The zero-order valence-electron chi connectivity index (χ0n) is 11.3. The van der Waals surface area contributed by atoms with E-state index in [4.69, 9.17) is 0 Å². The Labute approximate surface area is 122 Å². The third kappa shape index (κ3) is 3.65. The van der Waals surface area contributed by atoms with E-state index in [-0.39, 0.29) is 11.4 Å². The van der Waals surface area contributed by atoms with Crippen molar-refractivity contribution in [3.05, 3.63) is 69.8 Å². The SMILES string of the molecule is Cc1ccc(CNS(=O)(=O)c2ccccc2[N+](=O)[O-])cc1. The van der Waals surface area contributed by atoms with Crippen molar-refractivity contribution in [3.63, 3.8) is 0 Å². The van der Waals surface area contributed by atoms with Crippen LogP contribution >= 0.6 is 0 Å². The van der Waals surface area contributed by atoms with Crippen LogP contribution in [0.3, 0.4) is 0 Å². The fraction of sp³-hybridized carbons (Fsp3) is 0.143. The van der Waals surface area contributed by atoms with E-state index in [0.29, 0.717) is 0 Å². The van der Waals surface area contributed by atoms with E-state index >= 15 is 0 Å². The first-order chi connectivity index (χ1) is 9.90. The lowest BCUT2D eigenvalue weighted by atomic mass is 10.2. The zero-order chi connectivity index (χ0) is 15.5. The fourth-order valence-corrected chi connectivity index (χ4v) is 2.99. The van der Waals surface area contributed by atoms with Gasteiger partial charge in [-0.2, -0.15) is 0 Å². The number of benzene rings is 2. The lowest BCUT2D eigenvalue weighted by Gasteiger charge is -2.07. The summed E-state index contributed by atoms with van der Waals surface area (Å²) in [5, 5.41) is 10.9. The van der Waals surface area contributed by atoms with Crippen LogP contribution in [0.15, 0.2) is 53.4 Å². The van der Waals surface area contributed by atoms with Gasteiger partial charge in [0.05, 0.1) is 4.92 Å². The topological polar surface area (TPSA) is 89.3 Å². The Morgan fingerprint density at radius 3 is 2.33 bits per heavy atom. The van der Waals surface area contributed by atoms with E-state index in [1.54, 1.807) is 12.1 Å². The minimum atomic E-state index is -3.94. The molecule has 2 rings (SSSR count). The summed E-state index contributed by atoms with van der Waals surface area (Å²) >= 11 is 0. The van der Waals surface area contributed by atoms with Crippen LogP contribution in [-0.4, -0.2) is 13.3 Å². The molecule has 0 spiro atoms. The number of para-hydroxylation sites is 1. The molecular formula is C14H14N2O4S. The molecule has 6 nitrogen and oxygen atoms in total. The standard InChI is InChI=1S/C14H14N2O4S/c1-11-6-8-12(9-7-11)10-15-21(19,20)14-5-3-2-4-13(14)16(17)18/h2-9,15H,10H2,1H3. The van der Waals surface area contributed by atoms with Gasteiger partial charge in [0.2, 0.25) is 10.0 Å². The molecule has 110 valence electrons. The summed E-state index contributed by atoms with van der Waals surface area (Å²) in [6.45, 7) is 2.01. The van der Waals surface area contributed by atoms with E-state index in [9.17, 15) is 18.5 Å². The van der Waals surface area contributed by atoms with E-state index in [1.165, 1.54) is 24.3 Å². The number of aryl methyl sites for hydroxylation is 1. The van der Waals surface area contributed by atoms with Crippen LogP contribution in [-0.2, 0) is 16.6 Å². The number of rotatable bonds is 5. The van der Waals surface area contributed by atoms with Crippen molar-refractivity contribution in [3.8, 4) is 0 Å². The second kappa shape index (κ2) is 6.02. The summed E-state index contributed by atoms with van der Waals surface area (Å²) in [6, 6.07) is 12.6. The monoisotopic (exact) mass is 306 g/mol. The van der Waals surface area contributed by atoms with Gasteiger partial charge in [-0.25, -0.2) is 13.1 Å². The van der Waals surface area contributed by atoms with Crippen molar-refractivity contribution < 1.29 is 13.3 Å².